The number of hydrogen-bond donors (Lipinski definition) is 1. The summed E-state index contributed by atoms with van der Waals surface area (Å²) >= 11 is 0. The maximum Gasteiger partial charge on any atom is 0.138 e. The van der Waals surface area contributed by atoms with Crippen molar-refractivity contribution in [1.82, 2.24) is 5.32 Å². The molecule has 0 atom stereocenters. The monoisotopic (exact) mass is 153 g/mol. The van der Waals surface area contributed by atoms with Gasteiger partial charge in [0.1, 0.15) is 5.78 Å². The van der Waals surface area contributed by atoms with Gasteiger partial charge in [-0.2, -0.15) is 0 Å². The van der Waals surface area contributed by atoms with E-state index in [2.05, 4.69) is 5.32 Å². The summed E-state index contributed by atoms with van der Waals surface area (Å²) in [7, 11) is 0. The Morgan fingerprint density at radius 1 is 1.36 bits per heavy atom. The molecule has 0 spiro atoms. The zero-order chi connectivity index (χ0) is 7.68. The molecular formula is C9H15NO. The molecule has 1 N–H and O–H groups in total. The number of hydrogen-bond acceptors (Lipinski definition) is 2. The van der Waals surface area contributed by atoms with E-state index in [0.29, 0.717) is 11.7 Å². The molecular weight excluding hydrogens is 138 g/mol. The zero-order valence-corrected chi connectivity index (χ0v) is 6.81. The Kier molecular flexibility index (Phi) is 1.95. The summed E-state index contributed by atoms with van der Waals surface area (Å²) in [5.41, 5.74) is 0. The highest BCUT2D eigenvalue weighted by molar-refractivity contribution is 5.82. The van der Waals surface area contributed by atoms with E-state index in [1.54, 1.807) is 0 Å². The molecule has 2 heteroatoms. The number of nitrogens with one attached hydrogen (secondary N) is 1. The van der Waals surface area contributed by atoms with Crippen LogP contribution in [0.25, 0.3) is 0 Å². The largest absolute Gasteiger partial charge is 0.315 e. The van der Waals surface area contributed by atoms with Gasteiger partial charge in [-0.3, -0.25) is 4.79 Å². The van der Waals surface area contributed by atoms with Gasteiger partial charge in [0, 0.05) is 25.4 Å². The maximum atomic E-state index is 11.3. The van der Waals surface area contributed by atoms with Crippen LogP contribution < -0.4 is 5.32 Å². The Bertz CT molecular complexity index is 159. The molecule has 0 bridgehead atoms. The maximum absolute atomic E-state index is 11.3. The van der Waals surface area contributed by atoms with Crippen LogP contribution in [-0.2, 0) is 4.79 Å². The summed E-state index contributed by atoms with van der Waals surface area (Å²) in [6.07, 6.45) is 4.75. The summed E-state index contributed by atoms with van der Waals surface area (Å²) in [5, 5.41) is 3.12. The lowest BCUT2D eigenvalue weighted by molar-refractivity contribution is -0.124. The third-order valence-corrected chi connectivity index (χ3v) is 2.73. The zero-order valence-electron chi connectivity index (χ0n) is 6.81. The van der Waals surface area contributed by atoms with Crippen molar-refractivity contribution in [1.29, 1.82) is 0 Å². The Morgan fingerprint density at radius 2 is 2.09 bits per heavy atom. The summed E-state index contributed by atoms with van der Waals surface area (Å²) in [6.45, 7) is 1.87. The molecule has 2 nitrogen and oxygen atoms in total. The van der Waals surface area contributed by atoms with Crippen molar-refractivity contribution in [2.75, 3.05) is 13.1 Å². The van der Waals surface area contributed by atoms with Crippen molar-refractivity contribution in [3.63, 3.8) is 0 Å². The molecule has 0 aromatic carbocycles. The Labute approximate surface area is 67.4 Å². The van der Waals surface area contributed by atoms with Crippen molar-refractivity contribution in [3.8, 4) is 0 Å². The molecule has 62 valence electrons. The predicted molar refractivity (Wildman–Crippen MR) is 43.3 cm³/mol. The number of carbonyl (C=O) groups excluding carboxylic acids is 1. The lowest BCUT2D eigenvalue weighted by Gasteiger charge is -2.25. The molecule has 1 heterocycles. The lowest BCUT2D eigenvalue weighted by atomic mass is 9.94. The Hall–Kier alpha value is -0.370. The average Bonchev–Trinajstić information content (AvgIpc) is 2.61. The number of ketones is 1. The van der Waals surface area contributed by atoms with Gasteiger partial charge < -0.3 is 5.32 Å². The highest BCUT2D eigenvalue weighted by Gasteiger charge is 2.27. The standard InChI is InChI=1S/C9H15NO/c11-9(8-5-10-6-8)4-3-7-1-2-7/h7-8,10H,1-6H2. The summed E-state index contributed by atoms with van der Waals surface area (Å²) < 4.78 is 0. The minimum atomic E-state index is 0.369. The van der Waals surface area contributed by atoms with Crippen LogP contribution in [0.5, 0.6) is 0 Å². The predicted octanol–water partition coefficient (Wildman–Crippen LogP) is 0.965. The highest BCUT2D eigenvalue weighted by Crippen LogP contribution is 2.33. The van der Waals surface area contributed by atoms with Gasteiger partial charge in [-0.15, -0.1) is 0 Å². The molecule has 2 rings (SSSR count). The summed E-state index contributed by atoms with van der Waals surface area (Å²) in [4.78, 5) is 11.3. The molecule has 0 amide bonds. The number of carbonyl (C=O) groups is 1. The average molecular weight is 153 g/mol. The van der Waals surface area contributed by atoms with Crippen LogP contribution in [-0.4, -0.2) is 18.9 Å². The highest BCUT2D eigenvalue weighted by atomic mass is 16.1. The van der Waals surface area contributed by atoms with Crippen molar-refractivity contribution in [2.45, 2.75) is 25.7 Å². The molecule has 2 aliphatic rings. The van der Waals surface area contributed by atoms with Gasteiger partial charge in [0.05, 0.1) is 0 Å². The second kappa shape index (κ2) is 2.94. The van der Waals surface area contributed by atoms with Crippen LogP contribution in [0.3, 0.4) is 0 Å². The fourth-order valence-corrected chi connectivity index (χ4v) is 1.47. The van der Waals surface area contributed by atoms with Crippen molar-refractivity contribution in [3.05, 3.63) is 0 Å². The fourth-order valence-electron chi connectivity index (χ4n) is 1.47. The SMILES string of the molecule is O=C(CCC1CC1)C1CNC1. The van der Waals surface area contributed by atoms with E-state index in [1.165, 1.54) is 12.8 Å². The molecule has 11 heavy (non-hydrogen) atoms. The molecule has 0 aromatic heterocycles. The number of Topliss-reactive ketones (excluding diaryl/α,β-unsaturated/α-hetero) is 1. The van der Waals surface area contributed by atoms with E-state index in [9.17, 15) is 4.79 Å². The Balaban J connectivity index is 1.63. The first-order valence-electron chi connectivity index (χ1n) is 4.59. The van der Waals surface area contributed by atoms with Crippen LogP contribution in [0.1, 0.15) is 25.7 Å². The van der Waals surface area contributed by atoms with E-state index in [-0.39, 0.29) is 0 Å². The van der Waals surface area contributed by atoms with Crippen molar-refractivity contribution in [2.24, 2.45) is 11.8 Å². The lowest BCUT2D eigenvalue weighted by Crippen LogP contribution is -2.46. The van der Waals surface area contributed by atoms with Gasteiger partial charge in [0.15, 0.2) is 0 Å². The third-order valence-electron chi connectivity index (χ3n) is 2.73. The molecule has 0 aromatic rings. The van der Waals surface area contributed by atoms with Gasteiger partial charge in [-0.25, -0.2) is 0 Å². The topological polar surface area (TPSA) is 29.1 Å². The second-order valence-corrected chi connectivity index (χ2v) is 3.80. The first-order chi connectivity index (χ1) is 5.36. The van der Waals surface area contributed by atoms with E-state index >= 15 is 0 Å². The quantitative estimate of drug-likeness (QED) is 0.652. The van der Waals surface area contributed by atoms with Crippen LogP contribution in [0.15, 0.2) is 0 Å². The Morgan fingerprint density at radius 3 is 2.55 bits per heavy atom. The van der Waals surface area contributed by atoms with Crippen LogP contribution >= 0.6 is 0 Å². The second-order valence-electron chi connectivity index (χ2n) is 3.80. The fraction of sp³-hybridized carbons (Fsp3) is 0.889. The molecule has 1 saturated heterocycles. The summed E-state index contributed by atoms with van der Waals surface area (Å²) in [5.74, 6) is 1.77. The smallest absolute Gasteiger partial charge is 0.138 e. The van der Waals surface area contributed by atoms with Gasteiger partial charge in [-0.1, -0.05) is 12.8 Å². The van der Waals surface area contributed by atoms with Gasteiger partial charge in [-0.05, 0) is 12.3 Å². The third kappa shape index (κ3) is 1.80. The molecule has 1 aliphatic heterocycles. The molecule has 1 aliphatic carbocycles. The number of rotatable bonds is 4. The van der Waals surface area contributed by atoms with Crippen LogP contribution in [0.4, 0.5) is 0 Å². The van der Waals surface area contributed by atoms with Gasteiger partial charge >= 0.3 is 0 Å². The van der Waals surface area contributed by atoms with Crippen LogP contribution in [0.2, 0.25) is 0 Å². The first kappa shape index (κ1) is 7.29. The van der Waals surface area contributed by atoms with E-state index < -0.39 is 0 Å². The van der Waals surface area contributed by atoms with Crippen molar-refractivity contribution >= 4 is 5.78 Å². The minimum Gasteiger partial charge on any atom is -0.315 e. The van der Waals surface area contributed by atoms with Crippen molar-refractivity contribution < 1.29 is 4.79 Å². The molecule has 0 radical (unpaired) electrons. The molecule has 2 fully saturated rings. The first-order valence-corrected chi connectivity index (χ1v) is 4.59. The van der Waals surface area contributed by atoms with E-state index in [4.69, 9.17) is 0 Å². The van der Waals surface area contributed by atoms with E-state index in [1.807, 2.05) is 0 Å². The van der Waals surface area contributed by atoms with Crippen LogP contribution in [0, 0.1) is 11.8 Å². The van der Waals surface area contributed by atoms with E-state index in [0.717, 1.165) is 31.8 Å². The van der Waals surface area contributed by atoms with Gasteiger partial charge in [0.25, 0.3) is 0 Å². The van der Waals surface area contributed by atoms with Gasteiger partial charge in [0.2, 0.25) is 0 Å². The summed E-state index contributed by atoms with van der Waals surface area (Å²) in [6, 6.07) is 0. The minimum absolute atomic E-state index is 0.369. The molecule has 0 unspecified atom stereocenters. The normalized spacial score (nSPS) is 24.7. The molecule has 1 saturated carbocycles.